The molecule has 0 spiro atoms. The number of benzene rings is 1. The quantitative estimate of drug-likeness (QED) is 0.710. The van der Waals surface area contributed by atoms with Crippen LogP contribution < -0.4 is 5.32 Å². The summed E-state index contributed by atoms with van der Waals surface area (Å²) in [6.45, 7) is 4.29. The fourth-order valence-corrected chi connectivity index (χ4v) is 2.74. The molecule has 1 aromatic carbocycles. The van der Waals surface area contributed by atoms with Gasteiger partial charge in [-0.1, -0.05) is 18.9 Å². The van der Waals surface area contributed by atoms with Crippen LogP contribution in [0.5, 0.6) is 0 Å². The third kappa shape index (κ3) is 3.81. The van der Waals surface area contributed by atoms with Crippen LogP contribution in [0, 0.1) is 0 Å². The van der Waals surface area contributed by atoms with Gasteiger partial charge in [-0.3, -0.25) is 10.1 Å². The maximum Gasteiger partial charge on any atom is 0.322 e. The van der Waals surface area contributed by atoms with Crippen molar-refractivity contribution < 1.29 is 13.6 Å². The smallest absolute Gasteiger partial charge is 0.322 e. The Morgan fingerprint density at radius 1 is 1.17 bits per heavy atom. The largest absolute Gasteiger partial charge is 0.459 e. The molecule has 0 saturated carbocycles. The molecule has 0 saturated heterocycles. The zero-order chi connectivity index (χ0) is 16.2. The van der Waals surface area contributed by atoms with Crippen LogP contribution in [0.2, 0.25) is 0 Å². The van der Waals surface area contributed by atoms with Crippen molar-refractivity contribution >= 4 is 23.7 Å². The van der Waals surface area contributed by atoms with Crippen LogP contribution in [0.25, 0.3) is 11.5 Å². The van der Waals surface area contributed by atoms with Gasteiger partial charge in [0, 0.05) is 15.7 Å². The molecule has 118 valence electrons. The third-order valence-corrected chi connectivity index (χ3v) is 3.88. The van der Waals surface area contributed by atoms with Crippen LogP contribution in [0.4, 0.5) is 6.01 Å². The number of amides is 1. The van der Waals surface area contributed by atoms with Crippen molar-refractivity contribution in [3.8, 4) is 11.5 Å². The van der Waals surface area contributed by atoms with E-state index in [1.54, 1.807) is 23.9 Å². The molecule has 0 aliphatic carbocycles. The zero-order valence-corrected chi connectivity index (χ0v) is 13.5. The molecule has 0 bridgehead atoms. The minimum Gasteiger partial charge on any atom is -0.459 e. The minimum atomic E-state index is -0.436. The molecule has 0 aliphatic heterocycles. The number of carbonyl (C=O) groups is 1. The molecule has 0 radical (unpaired) electrons. The summed E-state index contributed by atoms with van der Waals surface area (Å²) in [5.41, 5.74) is 0.795. The minimum absolute atomic E-state index is 0.0297. The highest BCUT2D eigenvalue weighted by molar-refractivity contribution is 7.99. The first-order valence-corrected chi connectivity index (χ1v) is 7.95. The lowest BCUT2D eigenvalue weighted by Gasteiger charge is -2.04. The zero-order valence-electron chi connectivity index (χ0n) is 12.6. The summed E-state index contributed by atoms with van der Waals surface area (Å²) in [4.78, 5) is 13.0. The molecule has 1 N–H and O–H groups in total. The monoisotopic (exact) mass is 329 g/mol. The lowest BCUT2D eigenvalue weighted by Crippen LogP contribution is -2.10. The van der Waals surface area contributed by atoms with E-state index in [0.29, 0.717) is 11.1 Å². The lowest BCUT2D eigenvalue weighted by atomic mass is 10.2. The number of aromatic nitrogens is 2. The van der Waals surface area contributed by atoms with Gasteiger partial charge in [-0.15, -0.1) is 16.9 Å². The standard InChI is InChI=1S/C16H15N3O3S/c1-10(2)23-12-7-5-11(6-8-12)15-18-19-16(22-15)17-14(20)13-4-3-9-21-13/h3-10H,1-2H3,(H,17,19,20). The number of nitrogens with one attached hydrogen (secondary N) is 1. The van der Waals surface area contributed by atoms with Crippen LogP contribution in [0.3, 0.4) is 0 Å². The molecule has 3 rings (SSSR count). The SMILES string of the molecule is CC(C)Sc1ccc(-c2nnc(NC(=O)c3ccco3)o2)cc1. The topological polar surface area (TPSA) is 81.2 Å². The van der Waals surface area contributed by atoms with E-state index < -0.39 is 5.91 Å². The van der Waals surface area contributed by atoms with Crippen LogP contribution in [0.1, 0.15) is 24.4 Å². The molecule has 0 aliphatic rings. The van der Waals surface area contributed by atoms with Crippen molar-refractivity contribution in [3.63, 3.8) is 0 Å². The maximum absolute atomic E-state index is 11.8. The first kappa shape index (κ1) is 15.4. The second-order valence-electron chi connectivity index (χ2n) is 5.03. The second kappa shape index (κ2) is 6.70. The van der Waals surface area contributed by atoms with E-state index in [4.69, 9.17) is 8.83 Å². The molecule has 23 heavy (non-hydrogen) atoms. The lowest BCUT2D eigenvalue weighted by molar-refractivity contribution is 0.0994. The van der Waals surface area contributed by atoms with Crippen molar-refractivity contribution in [2.75, 3.05) is 5.32 Å². The molecular weight excluding hydrogens is 314 g/mol. The Bertz CT molecular complexity index is 779. The molecule has 2 aromatic heterocycles. The van der Waals surface area contributed by atoms with Gasteiger partial charge in [0.15, 0.2) is 5.76 Å². The van der Waals surface area contributed by atoms with Gasteiger partial charge in [0.2, 0.25) is 5.89 Å². The number of carbonyl (C=O) groups excluding carboxylic acids is 1. The van der Waals surface area contributed by atoms with Gasteiger partial charge in [0.05, 0.1) is 6.26 Å². The number of thioether (sulfide) groups is 1. The highest BCUT2D eigenvalue weighted by Crippen LogP contribution is 2.26. The summed E-state index contributed by atoms with van der Waals surface area (Å²) in [5.74, 6) is 0.0922. The van der Waals surface area contributed by atoms with Crippen molar-refractivity contribution in [3.05, 3.63) is 48.4 Å². The van der Waals surface area contributed by atoms with E-state index in [1.165, 1.54) is 11.2 Å². The first-order valence-electron chi connectivity index (χ1n) is 7.07. The highest BCUT2D eigenvalue weighted by atomic mass is 32.2. The second-order valence-corrected chi connectivity index (χ2v) is 6.68. The summed E-state index contributed by atoms with van der Waals surface area (Å²) >= 11 is 1.78. The Balaban J connectivity index is 1.70. The number of nitrogens with zero attached hydrogens (tertiary/aromatic N) is 2. The van der Waals surface area contributed by atoms with Gasteiger partial charge in [-0.25, -0.2) is 0 Å². The number of hydrogen-bond acceptors (Lipinski definition) is 6. The average molecular weight is 329 g/mol. The third-order valence-electron chi connectivity index (χ3n) is 2.86. The molecule has 0 atom stereocenters. The Morgan fingerprint density at radius 3 is 2.61 bits per heavy atom. The summed E-state index contributed by atoms with van der Waals surface area (Å²) in [6, 6.07) is 11.0. The maximum atomic E-state index is 11.8. The van der Waals surface area contributed by atoms with Crippen LogP contribution in [-0.4, -0.2) is 21.4 Å². The highest BCUT2D eigenvalue weighted by Gasteiger charge is 2.14. The van der Waals surface area contributed by atoms with Gasteiger partial charge >= 0.3 is 6.01 Å². The Morgan fingerprint density at radius 2 is 1.96 bits per heavy atom. The van der Waals surface area contributed by atoms with Crippen LogP contribution in [-0.2, 0) is 0 Å². The van der Waals surface area contributed by atoms with Gasteiger partial charge in [0.1, 0.15) is 0 Å². The van der Waals surface area contributed by atoms with E-state index in [-0.39, 0.29) is 11.8 Å². The van der Waals surface area contributed by atoms with Gasteiger partial charge < -0.3 is 8.83 Å². The number of hydrogen-bond donors (Lipinski definition) is 1. The number of rotatable bonds is 5. The summed E-state index contributed by atoms with van der Waals surface area (Å²) in [6.07, 6.45) is 1.42. The van der Waals surface area contributed by atoms with Crippen molar-refractivity contribution in [1.82, 2.24) is 10.2 Å². The molecule has 0 fully saturated rings. The van der Waals surface area contributed by atoms with Gasteiger partial charge in [-0.2, -0.15) is 0 Å². The van der Waals surface area contributed by atoms with Gasteiger partial charge in [0.25, 0.3) is 5.91 Å². The van der Waals surface area contributed by atoms with E-state index in [0.717, 1.165) is 5.56 Å². The predicted octanol–water partition coefficient (Wildman–Crippen LogP) is 4.08. The van der Waals surface area contributed by atoms with Crippen molar-refractivity contribution in [1.29, 1.82) is 0 Å². The van der Waals surface area contributed by atoms with Crippen LogP contribution >= 0.6 is 11.8 Å². The van der Waals surface area contributed by atoms with E-state index in [9.17, 15) is 4.79 Å². The fourth-order valence-electron chi connectivity index (χ4n) is 1.91. The van der Waals surface area contributed by atoms with Crippen LogP contribution in [0.15, 0.2) is 56.4 Å². The predicted molar refractivity (Wildman–Crippen MR) is 87.4 cm³/mol. The fraction of sp³-hybridized carbons (Fsp3) is 0.188. The summed E-state index contributed by atoms with van der Waals surface area (Å²) in [5, 5.41) is 10.8. The van der Waals surface area contributed by atoms with Crippen molar-refractivity contribution in [2.45, 2.75) is 24.0 Å². The van der Waals surface area contributed by atoms with E-state index in [2.05, 4.69) is 29.4 Å². The van der Waals surface area contributed by atoms with E-state index >= 15 is 0 Å². The number of furan rings is 1. The molecule has 6 nitrogen and oxygen atoms in total. The Labute approximate surface area is 137 Å². The number of anilines is 1. The molecule has 7 heteroatoms. The first-order chi connectivity index (χ1) is 11.1. The molecule has 1 amide bonds. The Hall–Kier alpha value is -2.54. The normalized spacial score (nSPS) is 10.9. The summed E-state index contributed by atoms with van der Waals surface area (Å²) < 4.78 is 10.5. The van der Waals surface area contributed by atoms with Gasteiger partial charge in [-0.05, 0) is 36.4 Å². The molecule has 0 unspecified atom stereocenters. The summed E-state index contributed by atoms with van der Waals surface area (Å²) in [7, 11) is 0. The molecule has 3 aromatic rings. The Kier molecular flexibility index (Phi) is 4.47. The molecular formula is C16H15N3O3S. The van der Waals surface area contributed by atoms with Crippen molar-refractivity contribution in [2.24, 2.45) is 0 Å². The molecule has 2 heterocycles. The average Bonchev–Trinajstić information content (AvgIpc) is 3.18. The van der Waals surface area contributed by atoms with E-state index in [1.807, 2.05) is 24.3 Å².